The van der Waals surface area contributed by atoms with E-state index in [1.54, 1.807) is 7.11 Å². The van der Waals surface area contributed by atoms with Gasteiger partial charge in [-0.1, -0.05) is 30.3 Å². The molecule has 1 unspecified atom stereocenters. The van der Waals surface area contributed by atoms with Gasteiger partial charge in [-0.05, 0) is 37.6 Å². The highest BCUT2D eigenvalue weighted by atomic mass is 16.5. The normalized spacial score (nSPS) is 12.0. The lowest BCUT2D eigenvalue weighted by Crippen LogP contribution is -2.28. The summed E-state index contributed by atoms with van der Waals surface area (Å²) >= 11 is 0. The molecular formula is C18H25N3O. The molecule has 1 N–H and O–H groups in total. The van der Waals surface area contributed by atoms with Crippen molar-refractivity contribution >= 4 is 5.82 Å². The van der Waals surface area contributed by atoms with Crippen molar-refractivity contribution < 1.29 is 4.74 Å². The number of hydrogen-bond acceptors (Lipinski definition) is 4. The number of nitrogens with one attached hydrogen (secondary N) is 1. The highest BCUT2D eigenvalue weighted by Gasteiger charge is 2.10. The molecule has 1 heterocycles. The monoisotopic (exact) mass is 299 g/mol. The molecule has 0 spiro atoms. The van der Waals surface area contributed by atoms with Gasteiger partial charge >= 0.3 is 0 Å². The minimum absolute atomic E-state index is 0.488. The Hall–Kier alpha value is -2.07. The predicted molar refractivity (Wildman–Crippen MR) is 92.6 cm³/mol. The number of aromatic nitrogens is 1. The Kier molecular flexibility index (Phi) is 5.78. The maximum Gasteiger partial charge on any atom is 0.215 e. The van der Waals surface area contributed by atoms with Crippen LogP contribution in [-0.4, -0.2) is 38.8 Å². The van der Waals surface area contributed by atoms with Gasteiger partial charge in [0, 0.05) is 25.7 Å². The quantitative estimate of drug-likeness (QED) is 0.852. The predicted octanol–water partition coefficient (Wildman–Crippen LogP) is 3.19. The molecule has 0 saturated heterocycles. The molecule has 0 amide bonds. The van der Waals surface area contributed by atoms with Gasteiger partial charge in [-0.25, -0.2) is 0 Å². The van der Waals surface area contributed by atoms with E-state index in [1.807, 2.05) is 31.3 Å². The van der Waals surface area contributed by atoms with Crippen molar-refractivity contribution in [1.82, 2.24) is 10.3 Å². The number of pyridine rings is 1. The second kappa shape index (κ2) is 7.80. The maximum absolute atomic E-state index is 5.36. The molecular weight excluding hydrogens is 274 g/mol. The Morgan fingerprint density at radius 1 is 1.18 bits per heavy atom. The minimum Gasteiger partial charge on any atom is -0.481 e. The van der Waals surface area contributed by atoms with Crippen LogP contribution in [0.1, 0.15) is 13.3 Å². The summed E-state index contributed by atoms with van der Waals surface area (Å²) in [7, 11) is 5.71. The minimum atomic E-state index is 0.488. The summed E-state index contributed by atoms with van der Waals surface area (Å²) in [4.78, 5) is 6.73. The van der Waals surface area contributed by atoms with E-state index in [0.717, 1.165) is 24.3 Å². The highest BCUT2D eigenvalue weighted by molar-refractivity contribution is 5.68. The first-order valence-electron chi connectivity index (χ1n) is 7.64. The Balaban J connectivity index is 2.24. The summed E-state index contributed by atoms with van der Waals surface area (Å²) in [6.45, 7) is 3.12. The van der Waals surface area contributed by atoms with Crippen molar-refractivity contribution in [1.29, 1.82) is 0 Å². The van der Waals surface area contributed by atoms with Gasteiger partial charge in [0.15, 0.2) is 0 Å². The summed E-state index contributed by atoms with van der Waals surface area (Å²) in [6, 6.07) is 14.9. The Morgan fingerprint density at radius 2 is 1.91 bits per heavy atom. The molecule has 118 valence electrons. The Bertz CT molecular complexity index is 586. The van der Waals surface area contributed by atoms with Gasteiger partial charge in [0.25, 0.3) is 0 Å². The van der Waals surface area contributed by atoms with Crippen molar-refractivity contribution in [3.8, 4) is 17.0 Å². The lowest BCUT2D eigenvalue weighted by atomic mass is 10.1. The number of hydrogen-bond donors (Lipinski definition) is 1. The first-order chi connectivity index (χ1) is 10.6. The van der Waals surface area contributed by atoms with Crippen LogP contribution in [0.25, 0.3) is 11.1 Å². The molecule has 0 aliphatic heterocycles. The summed E-state index contributed by atoms with van der Waals surface area (Å²) in [5.74, 6) is 1.58. The van der Waals surface area contributed by atoms with E-state index in [1.165, 1.54) is 5.56 Å². The van der Waals surface area contributed by atoms with Crippen LogP contribution in [0.5, 0.6) is 5.88 Å². The van der Waals surface area contributed by atoms with E-state index in [9.17, 15) is 0 Å². The average Bonchev–Trinajstić information content (AvgIpc) is 2.59. The lowest BCUT2D eigenvalue weighted by Gasteiger charge is -2.21. The van der Waals surface area contributed by atoms with Crippen LogP contribution in [0, 0.1) is 0 Å². The average molecular weight is 299 g/mol. The third-order valence-electron chi connectivity index (χ3n) is 3.89. The largest absolute Gasteiger partial charge is 0.481 e. The Labute approximate surface area is 133 Å². The van der Waals surface area contributed by atoms with Crippen molar-refractivity contribution in [3.05, 3.63) is 42.5 Å². The van der Waals surface area contributed by atoms with Gasteiger partial charge in [0.1, 0.15) is 5.82 Å². The summed E-state index contributed by atoms with van der Waals surface area (Å²) in [5.41, 5.74) is 2.29. The SMILES string of the molecule is CNC(C)CCN(C)c1cc(-c2ccccc2)cc(OC)n1. The molecule has 2 aromatic rings. The molecule has 1 aromatic heterocycles. The van der Waals surface area contributed by atoms with Crippen molar-refractivity contribution in [2.24, 2.45) is 0 Å². The van der Waals surface area contributed by atoms with Crippen molar-refractivity contribution in [2.45, 2.75) is 19.4 Å². The molecule has 0 fully saturated rings. The smallest absolute Gasteiger partial charge is 0.215 e. The van der Waals surface area contributed by atoms with E-state index in [2.05, 4.69) is 47.4 Å². The van der Waals surface area contributed by atoms with E-state index in [-0.39, 0.29) is 0 Å². The number of benzene rings is 1. The second-order valence-corrected chi connectivity index (χ2v) is 5.52. The first-order valence-corrected chi connectivity index (χ1v) is 7.64. The first kappa shape index (κ1) is 16.3. The number of ether oxygens (including phenoxy) is 1. The topological polar surface area (TPSA) is 37.4 Å². The van der Waals surface area contributed by atoms with Gasteiger partial charge in [-0.3, -0.25) is 0 Å². The van der Waals surface area contributed by atoms with Crippen molar-refractivity contribution in [2.75, 3.05) is 32.6 Å². The molecule has 4 heteroatoms. The van der Waals surface area contributed by atoms with Crippen LogP contribution >= 0.6 is 0 Å². The molecule has 0 radical (unpaired) electrons. The van der Waals surface area contributed by atoms with Crippen LogP contribution in [0.2, 0.25) is 0 Å². The second-order valence-electron chi connectivity index (χ2n) is 5.52. The summed E-state index contributed by atoms with van der Waals surface area (Å²) in [5, 5.41) is 3.26. The third kappa shape index (κ3) is 4.21. The van der Waals surface area contributed by atoms with Gasteiger partial charge in [-0.2, -0.15) is 4.98 Å². The molecule has 1 atom stereocenters. The number of rotatable bonds is 7. The fourth-order valence-electron chi connectivity index (χ4n) is 2.23. The van der Waals surface area contributed by atoms with Crippen LogP contribution in [0.4, 0.5) is 5.82 Å². The highest BCUT2D eigenvalue weighted by Crippen LogP contribution is 2.27. The molecule has 0 aliphatic rings. The fourth-order valence-corrected chi connectivity index (χ4v) is 2.23. The standard InChI is InChI=1S/C18H25N3O/c1-14(19-2)10-11-21(3)17-12-16(13-18(20-17)22-4)15-8-6-5-7-9-15/h5-9,12-14,19H,10-11H2,1-4H3. The molecule has 4 nitrogen and oxygen atoms in total. The van der Waals surface area contributed by atoms with Crippen LogP contribution in [0.3, 0.4) is 0 Å². The van der Waals surface area contributed by atoms with Crippen LogP contribution in [0.15, 0.2) is 42.5 Å². The zero-order valence-electron chi connectivity index (χ0n) is 13.8. The molecule has 0 bridgehead atoms. The zero-order valence-corrected chi connectivity index (χ0v) is 13.8. The van der Waals surface area contributed by atoms with Crippen LogP contribution in [-0.2, 0) is 0 Å². The number of anilines is 1. The maximum atomic E-state index is 5.36. The van der Waals surface area contributed by atoms with E-state index in [0.29, 0.717) is 11.9 Å². The van der Waals surface area contributed by atoms with Gasteiger partial charge in [0.05, 0.1) is 7.11 Å². The van der Waals surface area contributed by atoms with E-state index < -0.39 is 0 Å². The van der Waals surface area contributed by atoms with E-state index in [4.69, 9.17) is 4.74 Å². The van der Waals surface area contributed by atoms with Gasteiger partial charge in [-0.15, -0.1) is 0 Å². The van der Waals surface area contributed by atoms with Crippen LogP contribution < -0.4 is 15.0 Å². The summed E-state index contributed by atoms with van der Waals surface area (Å²) in [6.07, 6.45) is 1.06. The Morgan fingerprint density at radius 3 is 2.55 bits per heavy atom. The summed E-state index contributed by atoms with van der Waals surface area (Å²) < 4.78 is 5.36. The van der Waals surface area contributed by atoms with E-state index >= 15 is 0 Å². The molecule has 2 rings (SSSR count). The fraction of sp³-hybridized carbons (Fsp3) is 0.389. The molecule has 0 saturated carbocycles. The lowest BCUT2D eigenvalue weighted by molar-refractivity contribution is 0.398. The van der Waals surface area contributed by atoms with Gasteiger partial charge in [0.2, 0.25) is 5.88 Å². The molecule has 22 heavy (non-hydrogen) atoms. The number of nitrogens with zero attached hydrogens (tertiary/aromatic N) is 2. The molecule has 0 aliphatic carbocycles. The molecule has 1 aromatic carbocycles. The third-order valence-corrected chi connectivity index (χ3v) is 3.89. The van der Waals surface area contributed by atoms with Crippen molar-refractivity contribution in [3.63, 3.8) is 0 Å². The van der Waals surface area contributed by atoms with Gasteiger partial charge < -0.3 is 15.0 Å². The zero-order chi connectivity index (χ0) is 15.9. The number of methoxy groups -OCH3 is 1.